The number of benzene rings is 2. The molecule has 0 spiro atoms. The predicted octanol–water partition coefficient (Wildman–Crippen LogP) is 2.78. The van der Waals surface area contributed by atoms with Crippen LogP contribution in [0, 0.1) is 13.8 Å². The molecule has 136 valence electrons. The third-order valence-electron chi connectivity index (χ3n) is 3.35. The number of nitrogens with one attached hydrogen (secondary N) is 3. The van der Waals surface area contributed by atoms with E-state index in [0.29, 0.717) is 15.8 Å². The summed E-state index contributed by atoms with van der Waals surface area (Å²) in [5.74, 6) is -0.186. The summed E-state index contributed by atoms with van der Waals surface area (Å²) < 4.78 is 6.11. The first kappa shape index (κ1) is 19.9. The molecule has 0 atom stereocenters. The average Bonchev–Trinajstić information content (AvgIpc) is 2.59. The van der Waals surface area contributed by atoms with Gasteiger partial charge in [-0.25, -0.2) is 0 Å². The Morgan fingerprint density at radius 2 is 1.85 bits per heavy atom. The Bertz CT molecular complexity index is 842. The van der Waals surface area contributed by atoms with Crippen molar-refractivity contribution in [1.29, 1.82) is 0 Å². The molecule has 2 aromatic rings. The molecule has 0 saturated carbocycles. The van der Waals surface area contributed by atoms with Gasteiger partial charge in [0.25, 0.3) is 11.8 Å². The molecule has 6 nitrogen and oxygen atoms in total. The quantitative estimate of drug-likeness (QED) is 0.508. The zero-order valence-corrected chi connectivity index (χ0v) is 16.7. The number of ether oxygens (including phenoxy) is 1. The largest absolute Gasteiger partial charge is 0.483 e. The van der Waals surface area contributed by atoms with Crippen LogP contribution < -0.4 is 20.9 Å². The van der Waals surface area contributed by atoms with E-state index in [2.05, 4.69) is 32.1 Å². The summed E-state index contributed by atoms with van der Waals surface area (Å²) in [5.41, 5.74) is 7.34. The Balaban J connectivity index is 1.77. The van der Waals surface area contributed by atoms with Gasteiger partial charge in [0, 0.05) is 4.47 Å². The van der Waals surface area contributed by atoms with Crippen LogP contribution in [0.5, 0.6) is 5.75 Å². The fourth-order valence-corrected chi connectivity index (χ4v) is 2.72. The third kappa shape index (κ3) is 5.82. The summed E-state index contributed by atoms with van der Waals surface area (Å²) in [5, 5.41) is 2.45. The maximum absolute atomic E-state index is 12.1. The Kier molecular flexibility index (Phi) is 7.11. The molecule has 0 aromatic heterocycles. The summed E-state index contributed by atoms with van der Waals surface area (Å²) in [6.07, 6.45) is 0. The van der Waals surface area contributed by atoms with Gasteiger partial charge in [0.15, 0.2) is 11.7 Å². The van der Waals surface area contributed by atoms with Crippen LogP contribution in [0.3, 0.4) is 0 Å². The van der Waals surface area contributed by atoms with Crippen LogP contribution >= 0.6 is 28.1 Å². The number of aryl methyl sites for hydroxylation is 2. The molecule has 0 aliphatic rings. The smallest absolute Gasteiger partial charge is 0.276 e. The lowest BCUT2D eigenvalue weighted by Crippen LogP contribution is -2.49. The highest BCUT2D eigenvalue weighted by atomic mass is 79.9. The zero-order chi connectivity index (χ0) is 19.1. The van der Waals surface area contributed by atoms with Gasteiger partial charge in [-0.1, -0.05) is 29.8 Å². The fraction of sp³-hybridized carbons (Fsp3) is 0.167. The lowest BCUT2D eigenvalue weighted by Gasteiger charge is -2.12. The van der Waals surface area contributed by atoms with Gasteiger partial charge in [-0.15, -0.1) is 0 Å². The molecular formula is C18H18BrN3O3S. The average molecular weight is 436 g/mol. The standard InChI is InChI=1S/C18H18BrN3O3S/c1-11-7-8-15(12(2)9-11)25-10-16(23)21-22-18(26)20-17(24)13-5-3-4-6-14(13)19/h3-9H,10H2,1-2H3,(H,21,23)(H2,20,22,24,26). The summed E-state index contributed by atoms with van der Waals surface area (Å²) in [6.45, 7) is 3.71. The first-order valence-corrected chi connectivity index (χ1v) is 8.91. The number of rotatable bonds is 4. The molecule has 2 amide bonds. The molecule has 0 saturated heterocycles. The minimum atomic E-state index is -0.428. The molecule has 8 heteroatoms. The molecule has 0 aliphatic heterocycles. The van der Waals surface area contributed by atoms with E-state index in [1.54, 1.807) is 24.3 Å². The minimum absolute atomic E-state index is 0.0226. The topological polar surface area (TPSA) is 79.5 Å². The minimum Gasteiger partial charge on any atom is -0.483 e. The van der Waals surface area contributed by atoms with Gasteiger partial charge in [-0.05, 0) is 65.8 Å². The molecule has 0 fully saturated rings. The van der Waals surface area contributed by atoms with Gasteiger partial charge in [-0.3, -0.25) is 25.8 Å². The monoisotopic (exact) mass is 435 g/mol. The van der Waals surface area contributed by atoms with E-state index >= 15 is 0 Å². The van der Waals surface area contributed by atoms with E-state index in [4.69, 9.17) is 17.0 Å². The number of carbonyl (C=O) groups excluding carboxylic acids is 2. The van der Waals surface area contributed by atoms with Crippen molar-refractivity contribution in [1.82, 2.24) is 16.2 Å². The number of halogens is 1. The molecule has 26 heavy (non-hydrogen) atoms. The summed E-state index contributed by atoms with van der Waals surface area (Å²) in [4.78, 5) is 23.9. The van der Waals surface area contributed by atoms with Crippen molar-refractivity contribution in [2.24, 2.45) is 0 Å². The fourth-order valence-electron chi connectivity index (χ4n) is 2.11. The molecule has 0 unspecified atom stereocenters. The second-order valence-electron chi connectivity index (χ2n) is 5.49. The second kappa shape index (κ2) is 9.30. The lowest BCUT2D eigenvalue weighted by molar-refractivity contribution is -0.123. The summed E-state index contributed by atoms with van der Waals surface area (Å²) in [6, 6.07) is 12.6. The van der Waals surface area contributed by atoms with Gasteiger partial charge < -0.3 is 4.74 Å². The van der Waals surface area contributed by atoms with Gasteiger partial charge in [-0.2, -0.15) is 0 Å². The van der Waals surface area contributed by atoms with E-state index in [0.717, 1.165) is 11.1 Å². The van der Waals surface area contributed by atoms with Crippen LogP contribution in [0.4, 0.5) is 0 Å². The number of hydrazine groups is 1. The number of hydrogen-bond donors (Lipinski definition) is 3. The molecule has 0 aliphatic carbocycles. The predicted molar refractivity (Wildman–Crippen MR) is 107 cm³/mol. The Morgan fingerprint density at radius 3 is 2.54 bits per heavy atom. The van der Waals surface area contributed by atoms with Crippen LogP contribution in [-0.2, 0) is 4.79 Å². The normalized spacial score (nSPS) is 9.96. The maximum Gasteiger partial charge on any atom is 0.276 e. The number of carbonyl (C=O) groups is 2. The Hall–Kier alpha value is -2.45. The number of thiocarbonyl (C=S) groups is 1. The lowest BCUT2D eigenvalue weighted by atomic mass is 10.1. The van der Waals surface area contributed by atoms with Crippen LogP contribution in [0.2, 0.25) is 0 Å². The van der Waals surface area contributed by atoms with Crippen molar-refractivity contribution in [3.8, 4) is 5.75 Å². The van der Waals surface area contributed by atoms with E-state index in [1.807, 2.05) is 32.0 Å². The van der Waals surface area contributed by atoms with Crippen molar-refractivity contribution in [3.63, 3.8) is 0 Å². The van der Waals surface area contributed by atoms with Gasteiger partial charge in [0.2, 0.25) is 0 Å². The molecule has 0 heterocycles. The highest BCUT2D eigenvalue weighted by Gasteiger charge is 2.11. The second-order valence-corrected chi connectivity index (χ2v) is 6.76. The van der Waals surface area contributed by atoms with Gasteiger partial charge in [0.1, 0.15) is 5.75 Å². The van der Waals surface area contributed by atoms with E-state index in [1.165, 1.54) is 0 Å². The SMILES string of the molecule is Cc1ccc(OCC(=O)NNC(=S)NC(=O)c2ccccc2Br)c(C)c1. The van der Waals surface area contributed by atoms with Crippen molar-refractivity contribution in [2.75, 3.05) is 6.61 Å². The number of amides is 2. The van der Waals surface area contributed by atoms with Crippen molar-refractivity contribution in [2.45, 2.75) is 13.8 Å². The zero-order valence-electron chi connectivity index (χ0n) is 14.3. The molecule has 3 N–H and O–H groups in total. The van der Waals surface area contributed by atoms with Crippen LogP contribution in [0.15, 0.2) is 46.9 Å². The molecular weight excluding hydrogens is 418 g/mol. The molecule has 0 bridgehead atoms. The third-order valence-corrected chi connectivity index (χ3v) is 4.25. The summed E-state index contributed by atoms with van der Waals surface area (Å²) in [7, 11) is 0. The highest BCUT2D eigenvalue weighted by molar-refractivity contribution is 9.10. The Morgan fingerprint density at radius 1 is 1.12 bits per heavy atom. The van der Waals surface area contributed by atoms with Gasteiger partial charge in [0.05, 0.1) is 5.56 Å². The van der Waals surface area contributed by atoms with Crippen molar-refractivity contribution < 1.29 is 14.3 Å². The van der Waals surface area contributed by atoms with Gasteiger partial charge >= 0.3 is 0 Å². The first-order chi connectivity index (χ1) is 12.4. The molecule has 2 rings (SSSR count). The van der Waals surface area contributed by atoms with E-state index in [-0.39, 0.29) is 11.7 Å². The van der Waals surface area contributed by atoms with Crippen LogP contribution in [-0.4, -0.2) is 23.5 Å². The van der Waals surface area contributed by atoms with E-state index in [9.17, 15) is 9.59 Å². The Labute approximate surface area is 165 Å². The van der Waals surface area contributed by atoms with Crippen LogP contribution in [0.25, 0.3) is 0 Å². The van der Waals surface area contributed by atoms with Crippen molar-refractivity contribution in [3.05, 3.63) is 63.6 Å². The molecule has 0 radical (unpaired) electrons. The first-order valence-electron chi connectivity index (χ1n) is 7.71. The maximum atomic E-state index is 12.1. The molecule has 2 aromatic carbocycles. The van der Waals surface area contributed by atoms with Crippen LogP contribution in [0.1, 0.15) is 21.5 Å². The highest BCUT2D eigenvalue weighted by Crippen LogP contribution is 2.18. The van der Waals surface area contributed by atoms with Crippen molar-refractivity contribution >= 4 is 45.1 Å². The summed E-state index contributed by atoms with van der Waals surface area (Å²) >= 11 is 8.28. The number of hydrogen-bond acceptors (Lipinski definition) is 4. The van der Waals surface area contributed by atoms with E-state index < -0.39 is 11.8 Å².